The van der Waals surface area contributed by atoms with E-state index in [4.69, 9.17) is 0 Å². The summed E-state index contributed by atoms with van der Waals surface area (Å²) in [7, 11) is 0. The molecule has 0 amide bonds. The summed E-state index contributed by atoms with van der Waals surface area (Å²) in [6.07, 6.45) is 5.40. The van der Waals surface area contributed by atoms with E-state index < -0.39 is 0 Å². The van der Waals surface area contributed by atoms with Crippen LogP contribution >= 0.6 is 0 Å². The van der Waals surface area contributed by atoms with E-state index in [1.807, 2.05) is 31.2 Å². The predicted molar refractivity (Wildman–Crippen MR) is 73.4 cm³/mol. The molecule has 0 saturated carbocycles. The Morgan fingerprint density at radius 3 is 2.35 bits per heavy atom. The molecule has 0 atom stereocenters. The van der Waals surface area contributed by atoms with E-state index in [9.17, 15) is 4.79 Å². The summed E-state index contributed by atoms with van der Waals surface area (Å²) in [6, 6.07) is 7.94. The molecule has 1 aromatic carbocycles. The smallest absolute Gasteiger partial charge is 0.163 e. The topological polar surface area (TPSA) is 17.1 Å². The Bertz CT molecular complexity index is 348. The monoisotopic (exact) mass is 232 g/mol. The Labute approximate surface area is 105 Å². The molecule has 0 unspecified atom stereocenters. The molecule has 1 heteroatoms. The van der Waals surface area contributed by atoms with Gasteiger partial charge in [0.25, 0.3) is 0 Å². The number of Topliss-reactive ketones (excluding diaryl/α,β-unsaturated/α-hetero) is 1. The van der Waals surface area contributed by atoms with Crippen LogP contribution in [0.5, 0.6) is 0 Å². The van der Waals surface area contributed by atoms with Crippen LogP contribution in [-0.4, -0.2) is 5.78 Å². The van der Waals surface area contributed by atoms with Gasteiger partial charge in [0.1, 0.15) is 0 Å². The lowest BCUT2D eigenvalue weighted by Gasteiger charge is -2.14. The van der Waals surface area contributed by atoms with Gasteiger partial charge in [-0.15, -0.1) is 0 Å². The lowest BCUT2D eigenvalue weighted by atomic mass is 9.90. The van der Waals surface area contributed by atoms with Gasteiger partial charge < -0.3 is 0 Å². The molecule has 0 heterocycles. The van der Waals surface area contributed by atoms with Gasteiger partial charge in [-0.1, -0.05) is 63.3 Å². The molecule has 17 heavy (non-hydrogen) atoms. The molecule has 1 nitrogen and oxygen atoms in total. The van der Waals surface area contributed by atoms with Crippen LogP contribution in [0.25, 0.3) is 0 Å². The standard InChI is InChI=1S/C16H24O/c1-4-7-14(8-5-2)12-16(17)15-10-6-9-13(3)11-15/h6,9-11,14H,4-5,7-8,12H2,1-3H3. The van der Waals surface area contributed by atoms with E-state index in [2.05, 4.69) is 13.8 Å². The zero-order valence-corrected chi connectivity index (χ0v) is 11.3. The summed E-state index contributed by atoms with van der Waals surface area (Å²) < 4.78 is 0. The van der Waals surface area contributed by atoms with Crippen LogP contribution in [0.1, 0.15) is 61.9 Å². The summed E-state index contributed by atoms with van der Waals surface area (Å²) in [5.74, 6) is 0.874. The molecule has 0 fully saturated rings. The molecule has 0 saturated heterocycles. The van der Waals surface area contributed by atoms with Crippen molar-refractivity contribution in [2.45, 2.75) is 52.9 Å². The molecule has 0 aliphatic rings. The van der Waals surface area contributed by atoms with Crippen molar-refractivity contribution in [2.24, 2.45) is 5.92 Å². The van der Waals surface area contributed by atoms with Crippen LogP contribution in [-0.2, 0) is 0 Å². The molecule has 0 bridgehead atoms. The van der Waals surface area contributed by atoms with Gasteiger partial charge in [0.15, 0.2) is 5.78 Å². The number of carbonyl (C=O) groups excluding carboxylic acids is 1. The van der Waals surface area contributed by atoms with Gasteiger partial charge in [0.05, 0.1) is 0 Å². The number of ketones is 1. The van der Waals surface area contributed by atoms with Crippen molar-refractivity contribution in [3.05, 3.63) is 35.4 Å². The number of hydrogen-bond donors (Lipinski definition) is 0. The maximum absolute atomic E-state index is 12.2. The third kappa shape index (κ3) is 4.72. The van der Waals surface area contributed by atoms with Gasteiger partial charge in [-0.25, -0.2) is 0 Å². The summed E-state index contributed by atoms with van der Waals surface area (Å²) >= 11 is 0. The van der Waals surface area contributed by atoms with Crippen molar-refractivity contribution in [1.29, 1.82) is 0 Å². The Balaban J connectivity index is 2.63. The van der Waals surface area contributed by atoms with Gasteiger partial charge in [-0.2, -0.15) is 0 Å². The highest BCUT2D eigenvalue weighted by atomic mass is 16.1. The van der Waals surface area contributed by atoms with E-state index in [0.717, 1.165) is 5.56 Å². The number of rotatable bonds is 7. The Kier molecular flexibility index (Phi) is 5.96. The molecule has 0 aliphatic heterocycles. The summed E-state index contributed by atoms with van der Waals surface area (Å²) in [6.45, 7) is 6.42. The first-order valence-electron chi connectivity index (χ1n) is 6.77. The average Bonchev–Trinajstić information content (AvgIpc) is 2.29. The lowest BCUT2D eigenvalue weighted by molar-refractivity contribution is 0.0956. The second-order valence-electron chi connectivity index (χ2n) is 4.94. The molecular formula is C16H24O. The molecule has 94 valence electrons. The van der Waals surface area contributed by atoms with E-state index in [1.54, 1.807) is 0 Å². The van der Waals surface area contributed by atoms with Crippen molar-refractivity contribution >= 4 is 5.78 Å². The highest BCUT2D eigenvalue weighted by Gasteiger charge is 2.13. The molecular weight excluding hydrogens is 208 g/mol. The van der Waals surface area contributed by atoms with Crippen LogP contribution < -0.4 is 0 Å². The number of hydrogen-bond acceptors (Lipinski definition) is 1. The first-order chi connectivity index (χ1) is 8.17. The molecule has 0 radical (unpaired) electrons. The van der Waals surface area contributed by atoms with Gasteiger partial charge in [0, 0.05) is 12.0 Å². The van der Waals surface area contributed by atoms with Crippen LogP contribution in [0, 0.1) is 12.8 Å². The first kappa shape index (κ1) is 14.0. The minimum absolute atomic E-state index is 0.306. The maximum atomic E-state index is 12.2. The second-order valence-corrected chi connectivity index (χ2v) is 4.94. The lowest BCUT2D eigenvalue weighted by Crippen LogP contribution is -2.09. The predicted octanol–water partition coefficient (Wildman–Crippen LogP) is 4.78. The van der Waals surface area contributed by atoms with E-state index in [0.29, 0.717) is 18.1 Å². The fraction of sp³-hybridized carbons (Fsp3) is 0.562. The molecule has 0 aromatic heterocycles. The Hall–Kier alpha value is -1.11. The van der Waals surface area contributed by atoms with Gasteiger partial charge >= 0.3 is 0 Å². The minimum atomic E-state index is 0.306. The SMILES string of the molecule is CCCC(CCC)CC(=O)c1cccc(C)c1. The van der Waals surface area contributed by atoms with Gasteiger partial charge in [-0.3, -0.25) is 4.79 Å². The zero-order chi connectivity index (χ0) is 12.7. The van der Waals surface area contributed by atoms with Crippen LogP contribution in [0.4, 0.5) is 0 Å². The van der Waals surface area contributed by atoms with Crippen molar-refractivity contribution < 1.29 is 4.79 Å². The van der Waals surface area contributed by atoms with Crippen molar-refractivity contribution in [1.82, 2.24) is 0 Å². The fourth-order valence-corrected chi connectivity index (χ4v) is 2.36. The normalized spacial score (nSPS) is 10.8. The average molecular weight is 232 g/mol. The zero-order valence-electron chi connectivity index (χ0n) is 11.3. The summed E-state index contributed by atoms with van der Waals surface area (Å²) in [5, 5.41) is 0. The summed E-state index contributed by atoms with van der Waals surface area (Å²) in [5.41, 5.74) is 2.04. The highest BCUT2D eigenvalue weighted by molar-refractivity contribution is 5.96. The third-order valence-electron chi connectivity index (χ3n) is 3.21. The summed E-state index contributed by atoms with van der Waals surface area (Å²) in [4.78, 5) is 12.2. The second kappa shape index (κ2) is 7.26. The molecule has 0 aliphatic carbocycles. The Morgan fingerprint density at radius 2 is 1.82 bits per heavy atom. The number of benzene rings is 1. The number of carbonyl (C=O) groups is 1. The quantitative estimate of drug-likeness (QED) is 0.618. The van der Waals surface area contributed by atoms with Crippen molar-refractivity contribution in [2.75, 3.05) is 0 Å². The van der Waals surface area contributed by atoms with E-state index in [-0.39, 0.29) is 0 Å². The fourth-order valence-electron chi connectivity index (χ4n) is 2.36. The van der Waals surface area contributed by atoms with Crippen LogP contribution in [0.3, 0.4) is 0 Å². The Morgan fingerprint density at radius 1 is 1.18 bits per heavy atom. The molecule has 0 N–H and O–H groups in total. The van der Waals surface area contributed by atoms with Crippen LogP contribution in [0.15, 0.2) is 24.3 Å². The number of aryl methyl sites for hydroxylation is 1. The van der Waals surface area contributed by atoms with Gasteiger partial charge in [-0.05, 0) is 18.9 Å². The first-order valence-corrected chi connectivity index (χ1v) is 6.77. The third-order valence-corrected chi connectivity index (χ3v) is 3.21. The van der Waals surface area contributed by atoms with Crippen LogP contribution in [0.2, 0.25) is 0 Å². The minimum Gasteiger partial charge on any atom is -0.294 e. The van der Waals surface area contributed by atoms with Gasteiger partial charge in [0.2, 0.25) is 0 Å². The molecule has 0 spiro atoms. The van der Waals surface area contributed by atoms with Crippen molar-refractivity contribution in [3.63, 3.8) is 0 Å². The maximum Gasteiger partial charge on any atom is 0.163 e. The van der Waals surface area contributed by atoms with E-state index >= 15 is 0 Å². The van der Waals surface area contributed by atoms with Crippen molar-refractivity contribution in [3.8, 4) is 0 Å². The van der Waals surface area contributed by atoms with E-state index in [1.165, 1.54) is 31.2 Å². The highest BCUT2D eigenvalue weighted by Crippen LogP contribution is 2.20. The molecule has 1 rings (SSSR count). The molecule has 1 aromatic rings. The largest absolute Gasteiger partial charge is 0.294 e.